The molecule has 1 aliphatic rings. The maximum absolute atomic E-state index is 13.1. The number of likely N-dealkylation sites (tertiary alicyclic amines) is 1. The van der Waals surface area contributed by atoms with E-state index in [1.807, 2.05) is 24.3 Å². The lowest BCUT2D eigenvalue weighted by Crippen LogP contribution is -2.56. The summed E-state index contributed by atoms with van der Waals surface area (Å²) in [4.78, 5) is 54.9. The Hall–Kier alpha value is -3.44. The maximum Gasteiger partial charge on any atom is 0.326 e. The SMILES string of the molecule is CC(NC(=O)C(N)CCCCN)C(=O)N1CCCC1C(=O)NC(Cc1c[nH]c2ccccc12)C(=O)O. The number of nitrogens with one attached hydrogen (secondary N) is 3. The number of amides is 3. The van der Waals surface area contributed by atoms with E-state index in [4.69, 9.17) is 11.5 Å². The van der Waals surface area contributed by atoms with Crippen molar-refractivity contribution in [2.75, 3.05) is 13.1 Å². The van der Waals surface area contributed by atoms with Crippen molar-refractivity contribution in [1.29, 1.82) is 0 Å². The first-order valence-corrected chi connectivity index (χ1v) is 12.4. The molecule has 1 aromatic heterocycles. The Kier molecular flexibility index (Phi) is 9.43. The molecule has 1 aromatic carbocycles. The second-order valence-corrected chi connectivity index (χ2v) is 9.27. The molecule has 0 radical (unpaired) electrons. The molecule has 36 heavy (non-hydrogen) atoms. The molecule has 8 N–H and O–H groups in total. The van der Waals surface area contributed by atoms with Gasteiger partial charge in [0.1, 0.15) is 18.1 Å². The molecular weight excluding hydrogens is 464 g/mol. The number of nitrogens with two attached hydrogens (primary N) is 2. The van der Waals surface area contributed by atoms with Crippen LogP contribution >= 0.6 is 0 Å². The van der Waals surface area contributed by atoms with Crippen LogP contribution in [0.4, 0.5) is 0 Å². The van der Waals surface area contributed by atoms with Crippen LogP contribution in [-0.2, 0) is 25.6 Å². The molecule has 4 atom stereocenters. The number of carbonyl (C=O) groups is 4. The molecule has 3 amide bonds. The highest BCUT2D eigenvalue weighted by molar-refractivity contribution is 5.94. The molecule has 0 aliphatic carbocycles. The van der Waals surface area contributed by atoms with Crippen molar-refractivity contribution in [3.8, 4) is 0 Å². The van der Waals surface area contributed by atoms with Gasteiger partial charge in [-0.25, -0.2) is 4.79 Å². The molecule has 11 nitrogen and oxygen atoms in total. The van der Waals surface area contributed by atoms with Gasteiger partial charge < -0.3 is 37.1 Å². The van der Waals surface area contributed by atoms with E-state index in [2.05, 4.69) is 15.6 Å². The number of hydrogen-bond acceptors (Lipinski definition) is 6. The highest BCUT2D eigenvalue weighted by Crippen LogP contribution is 2.21. The van der Waals surface area contributed by atoms with Crippen LogP contribution in [0.15, 0.2) is 30.5 Å². The molecule has 3 rings (SSSR count). The van der Waals surface area contributed by atoms with Crippen LogP contribution in [0.3, 0.4) is 0 Å². The van der Waals surface area contributed by atoms with Crippen LogP contribution in [0.2, 0.25) is 0 Å². The van der Waals surface area contributed by atoms with Gasteiger partial charge in [-0.05, 0) is 50.8 Å². The fraction of sp³-hybridized carbons (Fsp3) is 0.520. The molecule has 1 aliphatic heterocycles. The zero-order chi connectivity index (χ0) is 26.2. The number of rotatable bonds is 12. The molecule has 196 valence electrons. The second-order valence-electron chi connectivity index (χ2n) is 9.27. The highest BCUT2D eigenvalue weighted by atomic mass is 16.4. The Morgan fingerprint density at radius 3 is 2.67 bits per heavy atom. The van der Waals surface area contributed by atoms with Crippen LogP contribution in [0.1, 0.15) is 44.6 Å². The summed E-state index contributed by atoms with van der Waals surface area (Å²) >= 11 is 0. The van der Waals surface area contributed by atoms with Crippen LogP contribution < -0.4 is 22.1 Å². The number of aromatic nitrogens is 1. The van der Waals surface area contributed by atoms with E-state index in [0.29, 0.717) is 38.8 Å². The number of aromatic amines is 1. The van der Waals surface area contributed by atoms with E-state index in [9.17, 15) is 24.3 Å². The van der Waals surface area contributed by atoms with E-state index in [0.717, 1.165) is 22.9 Å². The van der Waals surface area contributed by atoms with Gasteiger partial charge in [0.25, 0.3) is 0 Å². The van der Waals surface area contributed by atoms with Crippen molar-refractivity contribution in [2.24, 2.45) is 11.5 Å². The molecule has 2 heterocycles. The van der Waals surface area contributed by atoms with Crippen LogP contribution in [0, 0.1) is 0 Å². The normalized spacial score (nSPS) is 18.0. The van der Waals surface area contributed by atoms with Crippen molar-refractivity contribution in [1.82, 2.24) is 20.5 Å². The predicted octanol–water partition coefficient (Wildman–Crippen LogP) is 0.232. The van der Waals surface area contributed by atoms with Crippen molar-refractivity contribution in [3.63, 3.8) is 0 Å². The first-order chi connectivity index (χ1) is 17.2. The van der Waals surface area contributed by atoms with Gasteiger partial charge in [-0.3, -0.25) is 14.4 Å². The van der Waals surface area contributed by atoms with Gasteiger partial charge in [0, 0.05) is 30.1 Å². The summed E-state index contributed by atoms with van der Waals surface area (Å²) in [7, 11) is 0. The lowest BCUT2D eigenvalue weighted by atomic mass is 10.0. The lowest BCUT2D eigenvalue weighted by molar-refractivity contribution is -0.144. The lowest BCUT2D eigenvalue weighted by Gasteiger charge is -2.28. The number of aliphatic carboxylic acids is 1. The summed E-state index contributed by atoms with van der Waals surface area (Å²) in [6, 6.07) is 3.95. The standard InChI is InChI=1S/C25H36N6O5/c1-15(29-22(32)18(27)8-4-5-11-26)24(34)31-12-6-10-21(31)23(33)30-20(25(35)36)13-16-14-28-19-9-3-2-7-17(16)19/h2-3,7,9,14-15,18,20-21,28H,4-6,8,10-13,26-27H2,1H3,(H,29,32)(H,30,33)(H,35,36). The molecule has 11 heteroatoms. The Morgan fingerprint density at radius 2 is 1.94 bits per heavy atom. The molecule has 0 saturated carbocycles. The summed E-state index contributed by atoms with van der Waals surface area (Å²) in [5.41, 5.74) is 13.0. The van der Waals surface area contributed by atoms with Crippen molar-refractivity contribution >= 4 is 34.6 Å². The van der Waals surface area contributed by atoms with E-state index in [-0.39, 0.29) is 6.42 Å². The Bertz CT molecular complexity index is 1090. The van der Waals surface area contributed by atoms with Crippen molar-refractivity contribution in [2.45, 2.75) is 69.6 Å². The summed E-state index contributed by atoms with van der Waals surface area (Å²) < 4.78 is 0. The Morgan fingerprint density at radius 1 is 1.19 bits per heavy atom. The molecule has 0 spiro atoms. The van der Waals surface area contributed by atoms with Crippen molar-refractivity contribution < 1.29 is 24.3 Å². The van der Waals surface area contributed by atoms with Gasteiger partial charge in [-0.1, -0.05) is 24.6 Å². The third-order valence-electron chi connectivity index (χ3n) is 6.59. The summed E-state index contributed by atoms with van der Waals surface area (Å²) in [5, 5.41) is 15.9. The number of carbonyl (C=O) groups excluding carboxylic acids is 3. The van der Waals surface area contributed by atoms with Crippen LogP contribution in [0.5, 0.6) is 0 Å². The monoisotopic (exact) mass is 500 g/mol. The van der Waals surface area contributed by atoms with Gasteiger partial charge in [0.15, 0.2) is 0 Å². The first kappa shape index (κ1) is 27.2. The number of H-pyrrole nitrogens is 1. The minimum atomic E-state index is -1.16. The smallest absolute Gasteiger partial charge is 0.326 e. The topological polar surface area (TPSA) is 184 Å². The number of nitrogens with zero attached hydrogens (tertiary/aromatic N) is 1. The maximum atomic E-state index is 13.1. The van der Waals surface area contributed by atoms with Crippen LogP contribution in [-0.4, -0.2) is 75.9 Å². The molecule has 1 saturated heterocycles. The van der Waals surface area contributed by atoms with Gasteiger partial charge in [0.05, 0.1) is 6.04 Å². The van der Waals surface area contributed by atoms with Gasteiger partial charge in [-0.15, -0.1) is 0 Å². The summed E-state index contributed by atoms with van der Waals surface area (Å²) in [6.07, 6.45) is 4.79. The summed E-state index contributed by atoms with van der Waals surface area (Å²) in [6.45, 7) is 2.42. The zero-order valence-corrected chi connectivity index (χ0v) is 20.5. The quantitative estimate of drug-likeness (QED) is 0.225. The van der Waals surface area contributed by atoms with Gasteiger partial charge in [0.2, 0.25) is 17.7 Å². The third kappa shape index (κ3) is 6.61. The predicted molar refractivity (Wildman–Crippen MR) is 135 cm³/mol. The average Bonchev–Trinajstić information content (AvgIpc) is 3.50. The van der Waals surface area contributed by atoms with E-state index in [1.54, 1.807) is 13.1 Å². The van der Waals surface area contributed by atoms with E-state index < -0.39 is 47.9 Å². The number of carboxylic acids is 1. The number of para-hydroxylation sites is 1. The second kappa shape index (κ2) is 12.5. The first-order valence-electron chi connectivity index (χ1n) is 12.4. The average molecular weight is 501 g/mol. The van der Waals surface area contributed by atoms with Gasteiger partial charge in [-0.2, -0.15) is 0 Å². The highest BCUT2D eigenvalue weighted by Gasteiger charge is 2.38. The molecule has 4 unspecified atom stereocenters. The molecule has 0 bridgehead atoms. The van der Waals surface area contributed by atoms with Crippen molar-refractivity contribution in [3.05, 3.63) is 36.0 Å². The third-order valence-corrected chi connectivity index (χ3v) is 6.59. The number of hydrogen-bond donors (Lipinski definition) is 6. The number of unbranched alkanes of at least 4 members (excludes halogenated alkanes) is 1. The molecule has 2 aromatic rings. The fourth-order valence-corrected chi connectivity index (χ4v) is 4.56. The fourth-order valence-electron chi connectivity index (χ4n) is 4.56. The Balaban J connectivity index is 1.61. The number of carboxylic acid groups (broad SMARTS) is 1. The van der Waals surface area contributed by atoms with Gasteiger partial charge >= 0.3 is 5.97 Å². The van der Waals surface area contributed by atoms with Crippen LogP contribution in [0.25, 0.3) is 10.9 Å². The number of benzene rings is 1. The number of fused-ring (bicyclic) bond motifs is 1. The summed E-state index contributed by atoms with van der Waals surface area (Å²) in [5.74, 6) is -2.52. The Labute approximate surface area is 210 Å². The van der Waals surface area contributed by atoms with E-state index in [1.165, 1.54) is 4.90 Å². The molecule has 1 fully saturated rings. The minimum Gasteiger partial charge on any atom is -0.480 e. The van der Waals surface area contributed by atoms with E-state index >= 15 is 0 Å². The molecular formula is C25H36N6O5. The minimum absolute atomic E-state index is 0.0975. The zero-order valence-electron chi connectivity index (χ0n) is 20.5. The largest absolute Gasteiger partial charge is 0.480 e.